The van der Waals surface area contributed by atoms with E-state index in [0.717, 1.165) is 17.7 Å². The van der Waals surface area contributed by atoms with Crippen LogP contribution in [0.15, 0.2) is 36.4 Å². The first kappa shape index (κ1) is 22.8. The lowest BCUT2D eigenvalue weighted by atomic mass is 9.99. The van der Waals surface area contributed by atoms with Gasteiger partial charge >= 0.3 is 0 Å². The Kier molecular flexibility index (Phi) is 6.98. The maximum atomic E-state index is 12.5. The molecule has 10 nitrogen and oxygen atoms in total. The number of aryl methyl sites for hydroxylation is 1. The first-order chi connectivity index (χ1) is 14.7. The molecule has 1 saturated heterocycles. The van der Waals surface area contributed by atoms with E-state index in [1.807, 2.05) is 0 Å². The highest BCUT2D eigenvalue weighted by Crippen LogP contribution is 2.35. The zero-order valence-electron chi connectivity index (χ0n) is 16.3. The van der Waals surface area contributed by atoms with Crippen molar-refractivity contribution in [2.24, 2.45) is 0 Å². The number of carbonyl (C=O) groups is 1. The molecule has 1 heterocycles. The van der Waals surface area contributed by atoms with Crippen LogP contribution in [0.4, 0.5) is 0 Å². The molecule has 5 atom stereocenters. The Labute approximate surface area is 177 Å². The van der Waals surface area contributed by atoms with Crippen molar-refractivity contribution in [1.29, 1.82) is 0 Å². The van der Waals surface area contributed by atoms with Crippen LogP contribution in [0.3, 0.4) is 0 Å². The summed E-state index contributed by atoms with van der Waals surface area (Å²) in [6, 6.07) is 8.35. The van der Waals surface area contributed by atoms with Crippen molar-refractivity contribution in [2.75, 3.05) is 6.61 Å². The maximum Gasteiger partial charge on any atom is 0.229 e. The van der Waals surface area contributed by atoms with E-state index in [-0.39, 0.29) is 23.5 Å². The highest BCUT2D eigenvalue weighted by Gasteiger charge is 2.44. The molecule has 2 aromatic rings. The van der Waals surface area contributed by atoms with E-state index in [1.165, 1.54) is 12.1 Å². The number of ether oxygens (including phenoxy) is 2. The molecule has 0 aliphatic carbocycles. The zero-order valence-corrected chi connectivity index (χ0v) is 16.3. The molecular formula is C21H24O10. The van der Waals surface area contributed by atoms with Gasteiger partial charge in [0.15, 0.2) is 5.78 Å². The Bertz CT molecular complexity index is 888. The normalized spacial score (nSPS) is 25.9. The largest absolute Gasteiger partial charge is 0.508 e. The molecule has 1 aliphatic heterocycles. The van der Waals surface area contributed by atoms with Crippen molar-refractivity contribution in [2.45, 2.75) is 43.5 Å². The van der Waals surface area contributed by atoms with E-state index >= 15 is 0 Å². The molecule has 168 valence electrons. The predicted octanol–water partition coefficient (Wildman–Crippen LogP) is -0.202. The predicted molar refractivity (Wildman–Crippen MR) is 105 cm³/mol. The van der Waals surface area contributed by atoms with Gasteiger partial charge in [-0.1, -0.05) is 12.1 Å². The van der Waals surface area contributed by atoms with Gasteiger partial charge in [-0.2, -0.15) is 0 Å². The van der Waals surface area contributed by atoms with Crippen LogP contribution in [0.2, 0.25) is 0 Å². The summed E-state index contributed by atoms with van der Waals surface area (Å²) in [5.74, 6) is -1.72. The second-order valence-corrected chi connectivity index (χ2v) is 7.24. The van der Waals surface area contributed by atoms with Gasteiger partial charge in [0.1, 0.15) is 53.0 Å². The maximum absolute atomic E-state index is 12.5. The van der Waals surface area contributed by atoms with Gasteiger partial charge in [0, 0.05) is 18.6 Å². The number of rotatable bonds is 7. The Balaban J connectivity index is 1.71. The molecule has 7 N–H and O–H groups in total. The summed E-state index contributed by atoms with van der Waals surface area (Å²) < 4.78 is 10.6. The minimum atomic E-state index is -1.67. The number of aliphatic hydroxyl groups excluding tert-OH is 4. The third-order valence-electron chi connectivity index (χ3n) is 5.03. The van der Waals surface area contributed by atoms with E-state index in [2.05, 4.69) is 0 Å². The first-order valence-electron chi connectivity index (χ1n) is 9.55. The number of benzene rings is 2. The molecule has 1 aliphatic rings. The van der Waals surface area contributed by atoms with E-state index < -0.39 is 54.6 Å². The van der Waals surface area contributed by atoms with Gasteiger partial charge in [0.25, 0.3) is 0 Å². The number of phenolic OH excluding ortho intramolecular Hbond substituents is 3. The van der Waals surface area contributed by atoms with Crippen LogP contribution in [-0.4, -0.2) is 78.8 Å². The molecule has 31 heavy (non-hydrogen) atoms. The van der Waals surface area contributed by atoms with Crippen molar-refractivity contribution in [1.82, 2.24) is 0 Å². The fourth-order valence-electron chi connectivity index (χ4n) is 3.28. The van der Waals surface area contributed by atoms with Crippen molar-refractivity contribution in [3.8, 4) is 23.0 Å². The second-order valence-electron chi connectivity index (χ2n) is 7.24. The van der Waals surface area contributed by atoms with Gasteiger partial charge in [-0.25, -0.2) is 0 Å². The Morgan fingerprint density at radius 2 is 1.55 bits per heavy atom. The summed E-state index contributed by atoms with van der Waals surface area (Å²) in [4.78, 5) is 12.5. The number of aliphatic hydroxyl groups is 4. The minimum Gasteiger partial charge on any atom is -0.508 e. The number of aromatic hydroxyl groups is 3. The monoisotopic (exact) mass is 436 g/mol. The van der Waals surface area contributed by atoms with Crippen LogP contribution in [0.1, 0.15) is 22.3 Å². The summed E-state index contributed by atoms with van der Waals surface area (Å²) in [5.41, 5.74) is 0.479. The SMILES string of the molecule is O=C(CCc1ccc(O)cc1)c1c(O)cc(O[C@@H]2O[C@@H](CO)[C@@H](O)[C@H](O)[C@H]2O)cc1O. The van der Waals surface area contributed by atoms with Gasteiger partial charge in [-0.15, -0.1) is 0 Å². The first-order valence-corrected chi connectivity index (χ1v) is 9.55. The van der Waals surface area contributed by atoms with Gasteiger partial charge in [0.05, 0.1) is 6.61 Å². The van der Waals surface area contributed by atoms with E-state index in [1.54, 1.807) is 12.1 Å². The molecule has 10 heteroatoms. The molecule has 0 saturated carbocycles. The topological polar surface area (TPSA) is 177 Å². The molecule has 0 unspecified atom stereocenters. The van der Waals surface area contributed by atoms with Crippen LogP contribution in [0.25, 0.3) is 0 Å². The fourth-order valence-corrected chi connectivity index (χ4v) is 3.28. The van der Waals surface area contributed by atoms with Crippen molar-refractivity contribution < 1.29 is 50.0 Å². The van der Waals surface area contributed by atoms with Gasteiger partial charge in [0.2, 0.25) is 6.29 Å². The molecule has 0 spiro atoms. The van der Waals surface area contributed by atoms with Crippen LogP contribution in [0.5, 0.6) is 23.0 Å². The van der Waals surface area contributed by atoms with Crippen LogP contribution in [0, 0.1) is 0 Å². The van der Waals surface area contributed by atoms with E-state index in [0.29, 0.717) is 6.42 Å². The van der Waals surface area contributed by atoms with Gasteiger partial charge in [-0.3, -0.25) is 4.79 Å². The molecule has 2 aromatic carbocycles. The average molecular weight is 436 g/mol. The number of carbonyl (C=O) groups excluding carboxylic acids is 1. The molecule has 3 rings (SSSR count). The minimum absolute atomic E-state index is 0.0151. The number of phenols is 3. The molecule has 0 amide bonds. The summed E-state index contributed by atoms with van der Waals surface area (Å²) in [5, 5.41) is 68.6. The second kappa shape index (κ2) is 9.50. The molecule has 0 radical (unpaired) electrons. The lowest BCUT2D eigenvalue weighted by molar-refractivity contribution is -0.277. The van der Waals surface area contributed by atoms with Crippen LogP contribution >= 0.6 is 0 Å². The molecule has 0 bridgehead atoms. The average Bonchev–Trinajstić information content (AvgIpc) is 2.73. The summed E-state index contributed by atoms with van der Waals surface area (Å²) in [6.07, 6.45) is -7.28. The summed E-state index contributed by atoms with van der Waals surface area (Å²) in [6.45, 7) is -0.643. The van der Waals surface area contributed by atoms with Crippen molar-refractivity contribution in [3.05, 3.63) is 47.5 Å². The highest BCUT2D eigenvalue weighted by molar-refractivity contribution is 6.01. The smallest absolute Gasteiger partial charge is 0.229 e. The lowest BCUT2D eigenvalue weighted by Crippen LogP contribution is -2.60. The molecule has 1 fully saturated rings. The Morgan fingerprint density at radius 3 is 2.13 bits per heavy atom. The summed E-state index contributed by atoms with van der Waals surface area (Å²) in [7, 11) is 0. The Morgan fingerprint density at radius 1 is 0.935 bits per heavy atom. The Hall–Kier alpha value is -2.89. The number of hydrogen-bond acceptors (Lipinski definition) is 10. The van der Waals surface area contributed by atoms with Crippen LogP contribution in [-0.2, 0) is 11.2 Å². The van der Waals surface area contributed by atoms with Crippen LogP contribution < -0.4 is 4.74 Å². The quantitative estimate of drug-likeness (QED) is 0.288. The number of hydrogen-bond donors (Lipinski definition) is 7. The van der Waals surface area contributed by atoms with E-state index in [4.69, 9.17) is 9.47 Å². The van der Waals surface area contributed by atoms with Crippen molar-refractivity contribution >= 4 is 5.78 Å². The third-order valence-corrected chi connectivity index (χ3v) is 5.03. The summed E-state index contributed by atoms with van der Waals surface area (Å²) >= 11 is 0. The lowest BCUT2D eigenvalue weighted by Gasteiger charge is -2.39. The third kappa shape index (κ3) is 5.06. The van der Waals surface area contributed by atoms with Crippen molar-refractivity contribution in [3.63, 3.8) is 0 Å². The number of Topliss-reactive ketones (excluding diaryl/α,β-unsaturated/α-hetero) is 1. The molecule has 0 aromatic heterocycles. The van der Waals surface area contributed by atoms with Gasteiger partial charge in [-0.05, 0) is 24.1 Å². The highest BCUT2D eigenvalue weighted by atomic mass is 16.7. The number of ketones is 1. The molecular weight excluding hydrogens is 412 g/mol. The zero-order chi connectivity index (χ0) is 22.7. The standard InChI is InChI=1S/C21H24O10/c22-9-16-18(27)19(28)20(29)21(31-16)30-12-7-14(25)17(15(26)8-12)13(24)6-3-10-1-4-11(23)5-2-10/h1-2,4-5,7-8,16,18-23,25-29H,3,6,9H2/t16-,18+,19-,20+,21+/m0/s1. The fraction of sp³-hybridized carbons (Fsp3) is 0.381. The van der Waals surface area contributed by atoms with Gasteiger partial charge < -0.3 is 45.2 Å². The van der Waals surface area contributed by atoms with E-state index in [9.17, 15) is 40.5 Å².